The summed E-state index contributed by atoms with van der Waals surface area (Å²) >= 11 is 3.20. The highest BCUT2D eigenvalue weighted by atomic mass is 79.9. The first kappa shape index (κ1) is 18.3. The Morgan fingerprint density at radius 1 is 1.12 bits per heavy atom. The summed E-state index contributed by atoms with van der Waals surface area (Å²) < 4.78 is 24.5. The Hall–Kier alpha value is -2.08. The number of likely N-dealkylation sites (N-methyl/N-ethyl adjacent to an activating group) is 1. The molecule has 128 valence electrons. The molecular weight excluding hydrogens is 377 g/mol. The number of carbonyl (C=O) groups is 1. The smallest absolute Gasteiger partial charge is 0.253 e. The Morgan fingerprint density at radius 2 is 1.83 bits per heavy atom. The van der Waals surface area contributed by atoms with Crippen molar-refractivity contribution in [2.45, 2.75) is 6.42 Å². The average Bonchev–Trinajstić information content (AvgIpc) is 2.57. The Bertz CT molecular complexity index is 716. The zero-order valence-electron chi connectivity index (χ0n) is 13.8. The molecule has 2 aromatic rings. The second-order valence-corrected chi connectivity index (χ2v) is 6.24. The lowest BCUT2D eigenvalue weighted by molar-refractivity contribution is 0.0796. The van der Waals surface area contributed by atoms with Crippen LogP contribution in [0.2, 0.25) is 0 Å². The molecule has 1 amide bonds. The molecule has 0 N–H and O–H groups in total. The molecule has 0 radical (unpaired) electrons. The van der Waals surface area contributed by atoms with Crippen molar-refractivity contribution in [1.82, 2.24) is 4.90 Å². The Kier molecular flexibility index (Phi) is 6.20. The van der Waals surface area contributed by atoms with Crippen molar-refractivity contribution in [3.63, 3.8) is 0 Å². The van der Waals surface area contributed by atoms with Crippen molar-refractivity contribution in [1.29, 1.82) is 0 Å². The predicted octanol–water partition coefficient (Wildman–Crippen LogP) is 3.92. The van der Waals surface area contributed by atoms with Crippen LogP contribution in [-0.2, 0) is 6.42 Å². The fourth-order valence-electron chi connectivity index (χ4n) is 2.33. The van der Waals surface area contributed by atoms with E-state index in [4.69, 9.17) is 9.47 Å². The van der Waals surface area contributed by atoms with E-state index in [0.29, 0.717) is 34.5 Å². The van der Waals surface area contributed by atoms with Crippen LogP contribution in [0.3, 0.4) is 0 Å². The zero-order valence-corrected chi connectivity index (χ0v) is 15.4. The molecule has 0 spiro atoms. The van der Waals surface area contributed by atoms with Gasteiger partial charge in [-0.25, -0.2) is 4.39 Å². The lowest BCUT2D eigenvalue weighted by Crippen LogP contribution is -2.29. The molecule has 0 saturated heterocycles. The van der Waals surface area contributed by atoms with E-state index < -0.39 is 5.82 Å². The maximum absolute atomic E-state index is 13.4. The summed E-state index contributed by atoms with van der Waals surface area (Å²) in [5.41, 5.74) is 1.34. The van der Waals surface area contributed by atoms with Gasteiger partial charge < -0.3 is 14.4 Å². The first-order valence-corrected chi connectivity index (χ1v) is 8.16. The zero-order chi connectivity index (χ0) is 17.7. The van der Waals surface area contributed by atoms with Crippen molar-refractivity contribution < 1.29 is 18.7 Å². The molecule has 0 aliphatic heterocycles. The van der Waals surface area contributed by atoms with Gasteiger partial charge in [-0.15, -0.1) is 0 Å². The highest BCUT2D eigenvalue weighted by Gasteiger charge is 2.14. The largest absolute Gasteiger partial charge is 0.493 e. The summed E-state index contributed by atoms with van der Waals surface area (Å²) in [6, 6.07) is 9.81. The topological polar surface area (TPSA) is 38.8 Å². The standard InChI is InChI=1S/C18H19BrFNO3/c1-21(18(22)13-9-14(19)11-15(20)10-13)7-6-12-4-5-16(23-2)17(8-12)24-3/h4-5,8-11H,6-7H2,1-3H3. The number of hydrogen-bond acceptors (Lipinski definition) is 3. The van der Waals surface area contributed by atoms with Crippen molar-refractivity contribution >= 4 is 21.8 Å². The Labute approximate surface area is 149 Å². The summed E-state index contributed by atoms with van der Waals surface area (Å²) in [7, 11) is 4.86. The summed E-state index contributed by atoms with van der Waals surface area (Å²) in [6.07, 6.45) is 0.652. The third-order valence-corrected chi connectivity index (χ3v) is 4.10. The van der Waals surface area contributed by atoms with Crippen LogP contribution >= 0.6 is 15.9 Å². The molecule has 0 unspecified atom stereocenters. The molecule has 2 rings (SSSR count). The summed E-state index contributed by atoms with van der Waals surface area (Å²) in [5.74, 6) is 0.644. The van der Waals surface area contributed by atoms with Gasteiger partial charge in [0.2, 0.25) is 0 Å². The molecule has 0 fully saturated rings. The van der Waals surface area contributed by atoms with Gasteiger partial charge in [-0.3, -0.25) is 4.79 Å². The van der Waals surface area contributed by atoms with E-state index in [1.807, 2.05) is 18.2 Å². The number of rotatable bonds is 6. The predicted molar refractivity (Wildman–Crippen MR) is 94.3 cm³/mol. The highest BCUT2D eigenvalue weighted by Crippen LogP contribution is 2.27. The second kappa shape index (κ2) is 8.15. The van der Waals surface area contributed by atoms with Crippen LogP contribution < -0.4 is 9.47 Å². The maximum Gasteiger partial charge on any atom is 0.253 e. The maximum atomic E-state index is 13.4. The Balaban J connectivity index is 2.04. The number of methoxy groups -OCH3 is 2. The minimum atomic E-state index is -0.444. The second-order valence-electron chi connectivity index (χ2n) is 5.32. The number of nitrogens with zero attached hydrogens (tertiary/aromatic N) is 1. The van der Waals surface area contributed by atoms with Gasteiger partial charge in [0.15, 0.2) is 11.5 Å². The molecule has 0 heterocycles. The third kappa shape index (κ3) is 4.47. The van der Waals surface area contributed by atoms with Gasteiger partial charge in [0.1, 0.15) is 5.82 Å². The van der Waals surface area contributed by atoms with E-state index in [1.54, 1.807) is 32.2 Å². The minimum Gasteiger partial charge on any atom is -0.493 e. The third-order valence-electron chi connectivity index (χ3n) is 3.64. The van der Waals surface area contributed by atoms with Gasteiger partial charge in [-0.2, -0.15) is 0 Å². The lowest BCUT2D eigenvalue weighted by atomic mass is 10.1. The number of benzene rings is 2. The van der Waals surface area contributed by atoms with E-state index >= 15 is 0 Å². The van der Waals surface area contributed by atoms with E-state index in [1.165, 1.54) is 12.1 Å². The SMILES string of the molecule is COc1ccc(CCN(C)C(=O)c2cc(F)cc(Br)c2)cc1OC. The van der Waals surface area contributed by atoms with Crippen molar-refractivity contribution in [2.24, 2.45) is 0 Å². The van der Waals surface area contributed by atoms with Crippen LogP contribution in [0.25, 0.3) is 0 Å². The number of hydrogen-bond donors (Lipinski definition) is 0. The van der Waals surface area contributed by atoms with Gasteiger partial charge >= 0.3 is 0 Å². The van der Waals surface area contributed by atoms with E-state index in [2.05, 4.69) is 15.9 Å². The van der Waals surface area contributed by atoms with Crippen molar-refractivity contribution in [3.8, 4) is 11.5 Å². The quantitative estimate of drug-likeness (QED) is 0.743. The molecule has 0 bridgehead atoms. The fraction of sp³-hybridized carbons (Fsp3) is 0.278. The van der Waals surface area contributed by atoms with Gasteiger partial charge in [-0.05, 0) is 42.3 Å². The van der Waals surface area contributed by atoms with E-state index in [0.717, 1.165) is 5.56 Å². The first-order chi connectivity index (χ1) is 11.4. The van der Waals surface area contributed by atoms with Gasteiger partial charge in [0, 0.05) is 23.6 Å². The van der Waals surface area contributed by atoms with Gasteiger partial charge in [0.05, 0.1) is 14.2 Å². The molecular formula is C18H19BrFNO3. The van der Waals surface area contributed by atoms with Crippen molar-refractivity contribution in [2.75, 3.05) is 27.8 Å². The molecule has 0 aliphatic rings. The van der Waals surface area contributed by atoms with E-state index in [-0.39, 0.29) is 5.91 Å². The monoisotopic (exact) mass is 395 g/mol. The number of ether oxygens (including phenoxy) is 2. The van der Waals surface area contributed by atoms with E-state index in [9.17, 15) is 9.18 Å². The lowest BCUT2D eigenvalue weighted by Gasteiger charge is -2.18. The molecule has 24 heavy (non-hydrogen) atoms. The average molecular weight is 396 g/mol. The van der Waals surface area contributed by atoms with Crippen LogP contribution in [-0.4, -0.2) is 38.6 Å². The van der Waals surface area contributed by atoms with Crippen LogP contribution in [0.15, 0.2) is 40.9 Å². The summed E-state index contributed by atoms with van der Waals surface area (Å²) in [4.78, 5) is 14.0. The van der Waals surface area contributed by atoms with Gasteiger partial charge in [-0.1, -0.05) is 22.0 Å². The minimum absolute atomic E-state index is 0.226. The fourth-order valence-corrected chi connectivity index (χ4v) is 2.80. The summed E-state index contributed by atoms with van der Waals surface area (Å²) in [6.45, 7) is 0.502. The molecule has 0 aromatic heterocycles. The molecule has 2 aromatic carbocycles. The number of carbonyl (C=O) groups excluding carboxylic acids is 1. The first-order valence-electron chi connectivity index (χ1n) is 7.37. The highest BCUT2D eigenvalue weighted by molar-refractivity contribution is 9.10. The number of amides is 1. The normalized spacial score (nSPS) is 10.4. The molecule has 4 nitrogen and oxygen atoms in total. The van der Waals surface area contributed by atoms with Crippen LogP contribution in [0.4, 0.5) is 4.39 Å². The molecule has 0 atom stereocenters. The summed E-state index contributed by atoms with van der Waals surface area (Å²) in [5, 5.41) is 0. The Morgan fingerprint density at radius 3 is 2.46 bits per heavy atom. The van der Waals surface area contributed by atoms with Crippen LogP contribution in [0, 0.1) is 5.82 Å². The molecule has 0 saturated carbocycles. The van der Waals surface area contributed by atoms with Crippen LogP contribution in [0.5, 0.6) is 11.5 Å². The van der Waals surface area contributed by atoms with Crippen LogP contribution in [0.1, 0.15) is 15.9 Å². The number of halogens is 2. The van der Waals surface area contributed by atoms with Gasteiger partial charge in [0.25, 0.3) is 5.91 Å². The van der Waals surface area contributed by atoms with Crippen molar-refractivity contribution in [3.05, 3.63) is 57.8 Å². The molecule has 6 heteroatoms. The molecule has 0 aliphatic carbocycles.